The van der Waals surface area contributed by atoms with Crippen LogP contribution in [0.1, 0.15) is 12.0 Å². The molecular weight excluding hydrogens is 302 g/mol. The van der Waals surface area contributed by atoms with Crippen molar-refractivity contribution in [2.45, 2.75) is 17.7 Å². The maximum absolute atomic E-state index is 11.9. The molecule has 0 heterocycles. The Bertz CT molecular complexity index is 798. The molecule has 0 aliphatic carbocycles. The van der Waals surface area contributed by atoms with Crippen molar-refractivity contribution in [1.82, 2.24) is 0 Å². The van der Waals surface area contributed by atoms with Crippen molar-refractivity contribution in [3.05, 3.63) is 48.0 Å². The zero-order chi connectivity index (χ0) is 16.3. The molecule has 2 aromatic rings. The lowest BCUT2D eigenvalue weighted by atomic mass is 9.99. The summed E-state index contributed by atoms with van der Waals surface area (Å²) in [5, 5.41) is 8.80. The molecule has 0 aliphatic heterocycles. The molecule has 116 valence electrons. The number of aliphatic carboxylic acids is 1. The van der Waals surface area contributed by atoms with Gasteiger partial charge in [0.2, 0.25) is 0 Å². The molecule has 6 heteroatoms. The van der Waals surface area contributed by atoms with Gasteiger partial charge in [0.1, 0.15) is 0 Å². The fourth-order valence-corrected chi connectivity index (χ4v) is 3.12. The summed E-state index contributed by atoms with van der Waals surface area (Å²) in [7, 11) is -3.50. The highest BCUT2D eigenvalue weighted by Crippen LogP contribution is 2.33. The third-order valence-corrected chi connectivity index (χ3v) is 4.45. The molecular formula is C16H17NO4S. The number of benzene rings is 2. The highest BCUT2D eigenvalue weighted by molar-refractivity contribution is 7.90. The molecule has 0 aliphatic rings. The zero-order valence-corrected chi connectivity index (χ0v) is 12.9. The van der Waals surface area contributed by atoms with E-state index in [1.165, 1.54) is 6.07 Å². The first-order chi connectivity index (χ1) is 10.3. The zero-order valence-electron chi connectivity index (χ0n) is 12.1. The van der Waals surface area contributed by atoms with Crippen molar-refractivity contribution in [2.24, 2.45) is 0 Å². The third kappa shape index (κ3) is 3.65. The molecule has 0 radical (unpaired) electrons. The number of anilines is 1. The van der Waals surface area contributed by atoms with Crippen LogP contribution in [0.25, 0.3) is 11.1 Å². The highest BCUT2D eigenvalue weighted by atomic mass is 32.2. The number of carboxylic acid groups (broad SMARTS) is 1. The van der Waals surface area contributed by atoms with Crippen LogP contribution >= 0.6 is 0 Å². The second-order valence-electron chi connectivity index (χ2n) is 5.09. The average molecular weight is 319 g/mol. The number of hydrogen-bond donors (Lipinski definition) is 2. The van der Waals surface area contributed by atoms with Crippen molar-refractivity contribution in [3.63, 3.8) is 0 Å². The minimum absolute atomic E-state index is 0.0363. The van der Waals surface area contributed by atoms with E-state index in [0.717, 1.165) is 11.8 Å². The summed E-state index contributed by atoms with van der Waals surface area (Å²) in [6, 6.07) is 12.4. The molecule has 0 atom stereocenters. The minimum atomic E-state index is -3.50. The van der Waals surface area contributed by atoms with Gasteiger partial charge in [-0.05, 0) is 29.7 Å². The Morgan fingerprint density at radius 3 is 2.36 bits per heavy atom. The molecule has 0 amide bonds. The number of rotatable bonds is 5. The van der Waals surface area contributed by atoms with Gasteiger partial charge in [-0.2, -0.15) is 0 Å². The topological polar surface area (TPSA) is 97.5 Å². The summed E-state index contributed by atoms with van der Waals surface area (Å²) < 4.78 is 23.9. The Balaban J connectivity index is 2.61. The van der Waals surface area contributed by atoms with E-state index >= 15 is 0 Å². The van der Waals surface area contributed by atoms with Crippen LogP contribution in [-0.4, -0.2) is 25.7 Å². The van der Waals surface area contributed by atoms with Gasteiger partial charge in [0.25, 0.3) is 0 Å². The van der Waals surface area contributed by atoms with Crippen LogP contribution < -0.4 is 5.73 Å². The number of nitrogens with two attached hydrogens (primary N) is 1. The van der Waals surface area contributed by atoms with Gasteiger partial charge in [-0.3, -0.25) is 4.79 Å². The van der Waals surface area contributed by atoms with Crippen molar-refractivity contribution in [3.8, 4) is 11.1 Å². The Morgan fingerprint density at radius 1 is 1.18 bits per heavy atom. The van der Waals surface area contributed by atoms with Crippen molar-refractivity contribution in [1.29, 1.82) is 0 Å². The molecule has 22 heavy (non-hydrogen) atoms. The van der Waals surface area contributed by atoms with Crippen LogP contribution in [-0.2, 0) is 21.1 Å². The van der Waals surface area contributed by atoms with Gasteiger partial charge < -0.3 is 10.8 Å². The molecule has 0 aromatic heterocycles. The van der Waals surface area contributed by atoms with E-state index in [1.54, 1.807) is 6.07 Å². The molecule has 0 saturated carbocycles. The minimum Gasteiger partial charge on any atom is -0.481 e. The number of carbonyl (C=O) groups is 1. The van der Waals surface area contributed by atoms with E-state index in [9.17, 15) is 13.2 Å². The molecule has 2 aromatic carbocycles. The third-order valence-electron chi connectivity index (χ3n) is 3.31. The molecule has 5 nitrogen and oxygen atoms in total. The summed E-state index contributed by atoms with van der Waals surface area (Å²) in [6.45, 7) is 0. The van der Waals surface area contributed by atoms with E-state index in [-0.39, 0.29) is 23.4 Å². The van der Waals surface area contributed by atoms with Crippen molar-refractivity contribution >= 4 is 21.5 Å². The monoisotopic (exact) mass is 319 g/mol. The summed E-state index contributed by atoms with van der Waals surface area (Å²) >= 11 is 0. The Morgan fingerprint density at radius 2 is 1.82 bits per heavy atom. The van der Waals surface area contributed by atoms with E-state index in [2.05, 4.69) is 0 Å². The maximum Gasteiger partial charge on any atom is 0.303 e. The molecule has 0 bridgehead atoms. The van der Waals surface area contributed by atoms with Crippen LogP contribution in [0.15, 0.2) is 47.4 Å². The summed E-state index contributed by atoms with van der Waals surface area (Å²) in [5.41, 5.74) is 8.25. The van der Waals surface area contributed by atoms with Crippen LogP contribution in [0.5, 0.6) is 0 Å². The van der Waals surface area contributed by atoms with Gasteiger partial charge in [-0.15, -0.1) is 0 Å². The van der Waals surface area contributed by atoms with E-state index in [1.807, 2.05) is 30.3 Å². The lowest BCUT2D eigenvalue weighted by Gasteiger charge is -2.13. The first-order valence-corrected chi connectivity index (χ1v) is 8.58. The van der Waals surface area contributed by atoms with Gasteiger partial charge in [0.15, 0.2) is 9.84 Å². The first-order valence-electron chi connectivity index (χ1n) is 6.68. The maximum atomic E-state index is 11.9. The molecule has 0 spiro atoms. The van der Waals surface area contributed by atoms with Gasteiger partial charge in [-0.1, -0.05) is 30.3 Å². The Labute approximate surface area is 129 Å². The Kier molecular flexibility index (Phi) is 4.51. The van der Waals surface area contributed by atoms with E-state index in [0.29, 0.717) is 11.1 Å². The molecule has 0 fully saturated rings. The predicted octanol–water partition coefficient (Wildman–Crippen LogP) is 2.36. The summed E-state index contributed by atoms with van der Waals surface area (Å²) in [6.07, 6.45) is 1.27. The lowest BCUT2D eigenvalue weighted by Crippen LogP contribution is -2.06. The second kappa shape index (κ2) is 6.19. The van der Waals surface area contributed by atoms with Gasteiger partial charge in [-0.25, -0.2) is 8.42 Å². The summed E-state index contributed by atoms with van der Waals surface area (Å²) in [4.78, 5) is 10.8. The quantitative estimate of drug-likeness (QED) is 0.824. The number of carboxylic acids is 1. The van der Waals surface area contributed by atoms with E-state index in [4.69, 9.17) is 10.8 Å². The molecule has 0 unspecified atom stereocenters. The fraction of sp³-hybridized carbons (Fsp3) is 0.188. The molecule has 2 rings (SSSR count). The number of hydrogen-bond acceptors (Lipinski definition) is 4. The van der Waals surface area contributed by atoms with Crippen LogP contribution in [0.4, 0.5) is 5.69 Å². The standard InChI is InChI=1S/C16H17NO4S/c1-22(20,21)14-10-11(7-8-15(18)19)9-13(16(14)17)12-5-3-2-4-6-12/h2-6,9-10H,7-8,17H2,1H3,(H,18,19). The molecule has 3 N–H and O–H groups in total. The van der Waals surface area contributed by atoms with E-state index < -0.39 is 15.8 Å². The SMILES string of the molecule is CS(=O)(=O)c1cc(CCC(=O)O)cc(-c2ccccc2)c1N. The number of aryl methyl sites for hydroxylation is 1. The van der Waals surface area contributed by atoms with Gasteiger partial charge in [0, 0.05) is 18.2 Å². The molecule has 0 saturated heterocycles. The fourth-order valence-electron chi connectivity index (χ4n) is 2.24. The highest BCUT2D eigenvalue weighted by Gasteiger charge is 2.17. The largest absolute Gasteiger partial charge is 0.481 e. The summed E-state index contributed by atoms with van der Waals surface area (Å²) in [5.74, 6) is -0.931. The van der Waals surface area contributed by atoms with Gasteiger partial charge in [0.05, 0.1) is 10.6 Å². The lowest BCUT2D eigenvalue weighted by molar-refractivity contribution is -0.136. The average Bonchev–Trinajstić information content (AvgIpc) is 2.45. The number of sulfone groups is 1. The first kappa shape index (κ1) is 16.0. The van der Waals surface area contributed by atoms with Crippen molar-refractivity contribution in [2.75, 3.05) is 12.0 Å². The van der Waals surface area contributed by atoms with Crippen LogP contribution in [0.2, 0.25) is 0 Å². The smallest absolute Gasteiger partial charge is 0.303 e. The van der Waals surface area contributed by atoms with Crippen LogP contribution in [0.3, 0.4) is 0 Å². The van der Waals surface area contributed by atoms with Crippen molar-refractivity contribution < 1.29 is 18.3 Å². The number of nitrogen functional groups attached to an aromatic ring is 1. The van der Waals surface area contributed by atoms with Gasteiger partial charge >= 0.3 is 5.97 Å². The second-order valence-corrected chi connectivity index (χ2v) is 7.07. The predicted molar refractivity (Wildman–Crippen MR) is 85.4 cm³/mol. The normalized spacial score (nSPS) is 11.3. The van der Waals surface area contributed by atoms with Crippen LogP contribution in [0, 0.1) is 0 Å². The Hall–Kier alpha value is -2.34.